The number of ether oxygens (including phenoxy) is 1. The number of halogens is 2. The summed E-state index contributed by atoms with van der Waals surface area (Å²) in [6.07, 6.45) is 2.63. The fourth-order valence-electron chi connectivity index (χ4n) is 2.57. The number of thiazole rings is 1. The second-order valence-corrected chi connectivity index (χ2v) is 7.20. The third kappa shape index (κ3) is 6.76. The molecule has 3 rings (SSSR count). The van der Waals surface area contributed by atoms with Gasteiger partial charge in [-0.3, -0.25) is 4.79 Å². The lowest BCUT2D eigenvalue weighted by Gasteiger charge is -2.15. The molecule has 26 heavy (non-hydrogen) atoms. The molecule has 1 amide bonds. The van der Waals surface area contributed by atoms with Gasteiger partial charge in [0, 0.05) is 18.0 Å². The molecule has 0 saturated heterocycles. The lowest BCUT2D eigenvalue weighted by molar-refractivity contribution is -0.121. The molecule has 144 valence electrons. The first kappa shape index (κ1) is 22.7. The summed E-state index contributed by atoms with van der Waals surface area (Å²) in [6, 6.07) is 8.03. The first-order valence-electron chi connectivity index (χ1n) is 8.26. The van der Waals surface area contributed by atoms with Crippen LogP contribution in [0.25, 0.3) is 0 Å². The molecular weight excluding hydrogens is 393 g/mol. The van der Waals surface area contributed by atoms with Gasteiger partial charge in [0.2, 0.25) is 5.91 Å². The van der Waals surface area contributed by atoms with Gasteiger partial charge in [0.1, 0.15) is 17.4 Å². The molecule has 1 unspecified atom stereocenters. The van der Waals surface area contributed by atoms with E-state index in [-0.39, 0.29) is 36.8 Å². The number of nitrogens with zero attached hydrogens (tertiary/aromatic N) is 1. The van der Waals surface area contributed by atoms with Crippen LogP contribution in [0.3, 0.4) is 0 Å². The Bertz CT molecular complexity index is 690. The van der Waals surface area contributed by atoms with E-state index < -0.39 is 0 Å². The maximum absolute atomic E-state index is 12.1. The van der Waals surface area contributed by atoms with E-state index in [1.165, 1.54) is 29.7 Å². The normalized spacial score (nSPS) is 13.9. The van der Waals surface area contributed by atoms with E-state index in [1.807, 2.05) is 36.6 Å². The van der Waals surface area contributed by atoms with Crippen molar-refractivity contribution >= 4 is 42.1 Å². The molecular formula is C18H25Cl2N3O2S. The monoisotopic (exact) mass is 417 g/mol. The van der Waals surface area contributed by atoms with Crippen molar-refractivity contribution in [3.63, 3.8) is 0 Å². The molecule has 2 aromatic rings. The molecule has 1 fully saturated rings. The summed E-state index contributed by atoms with van der Waals surface area (Å²) in [7, 11) is 0. The van der Waals surface area contributed by atoms with Gasteiger partial charge in [-0.1, -0.05) is 17.7 Å². The fourth-order valence-corrected chi connectivity index (χ4v) is 3.27. The van der Waals surface area contributed by atoms with Crippen molar-refractivity contribution in [2.75, 3.05) is 6.54 Å². The quantitative estimate of drug-likeness (QED) is 0.690. The molecule has 3 N–H and O–H groups in total. The SMILES string of the molecule is Cc1ccc(OCc2nc(CC(=O)NC(CN)C3CC3)cs2)cc1.Cl.Cl. The number of nitrogens with two attached hydrogens (primary N) is 1. The average Bonchev–Trinajstić information content (AvgIpc) is 3.33. The Kier molecular flexibility index (Phi) is 9.36. The molecule has 0 radical (unpaired) electrons. The molecule has 1 aromatic heterocycles. The third-order valence-electron chi connectivity index (χ3n) is 4.12. The molecule has 0 aliphatic heterocycles. The Labute approximate surface area is 170 Å². The van der Waals surface area contributed by atoms with Crippen molar-refractivity contribution in [2.45, 2.75) is 38.8 Å². The van der Waals surface area contributed by atoms with Crippen molar-refractivity contribution in [3.8, 4) is 5.75 Å². The number of nitrogens with one attached hydrogen (secondary N) is 1. The highest BCUT2D eigenvalue weighted by molar-refractivity contribution is 7.09. The Morgan fingerprint density at radius 2 is 2.04 bits per heavy atom. The second-order valence-electron chi connectivity index (χ2n) is 6.26. The summed E-state index contributed by atoms with van der Waals surface area (Å²) in [6.45, 7) is 2.96. The highest BCUT2D eigenvalue weighted by Gasteiger charge is 2.31. The molecule has 1 aliphatic carbocycles. The zero-order chi connectivity index (χ0) is 16.9. The van der Waals surface area contributed by atoms with E-state index in [1.54, 1.807) is 0 Å². The van der Waals surface area contributed by atoms with Gasteiger partial charge in [0.05, 0.1) is 12.1 Å². The van der Waals surface area contributed by atoms with Crippen molar-refractivity contribution in [1.82, 2.24) is 10.3 Å². The third-order valence-corrected chi connectivity index (χ3v) is 4.99. The lowest BCUT2D eigenvalue weighted by atomic mass is 10.2. The van der Waals surface area contributed by atoms with Crippen LogP contribution in [0.4, 0.5) is 0 Å². The summed E-state index contributed by atoms with van der Waals surface area (Å²) >= 11 is 1.52. The van der Waals surface area contributed by atoms with E-state index in [2.05, 4.69) is 10.3 Å². The van der Waals surface area contributed by atoms with Gasteiger partial charge in [0.15, 0.2) is 0 Å². The zero-order valence-electron chi connectivity index (χ0n) is 14.6. The number of benzene rings is 1. The van der Waals surface area contributed by atoms with Crippen molar-refractivity contribution < 1.29 is 9.53 Å². The number of rotatable bonds is 8. The van der Waals surface area contributed by atoms with Crippen LogP contribution in [0, 0.1) is 12.8 Å². The van der Waals surface area contributed by atoms with Crippen LogP contribution in [-0.4, -0.2) is 23.5 Å². The average molecular weight is 418 g/mol. The van der Waals surface area contributed by atoms with E-state index in [0.29, 0.717) is 25.5 Å². The Balaban J connectivity index is 0.00000169. The van der Waals surface area contributed by atoms with Crippen molar-refractivity contribution in [2.24, 2.45) is 11.7 Å². The van der Waals surface area contributed by atoms with Gasteiger partial charge >= 0.3 is 0 Å². The number of amides is 1. The molecule has 1 heterocycles. The number of aromatic nitrogens is 1. The molecule has 1 aromatic carbocycles. The van der Waals surface area contributed by atoms with E-state index in [9.17, 15) is 4.79 Å². The van der Waals surface area contributed by atoms with Crippen LogP contribution in [0.5, 0.6) is 5.75 Å². The van der Waals surface area contributed by atoms with Crippen LogP contribution < -0.4 is 15.8 Å². The standard InChI is InChI=1S/C18H23N3O2S.2ClH/c1-12-2-6-15(7-3-12)23-10-18-20-14(11-24-18)8-17(22)21-16(9-19)13-4-5-13;;/h2-3,6-7,11,13,16H,4-5,8-10,19H2,1H3,(H,21,22);2*1H. The van der Waals surface area contributed by atoms with Crippen LogP contribution in [0.2, 0.25) is 0 Å². The predicted molar refractivity (Wildman–Crippen MR) is 110 cm³/mol. The molecule has 8 heteroatoms. The van der Waals surface area contributed by atoms with E-state index in [0.717, 1.165) is 16.5 Å². The van der Waals surface area contributed by atoms with Crippen molar-refractivity contribution in [1.29, 1.82) is 0 Å². The minimum atomic E-state index is -0.00588. The second kappa shape index (κ2) is 10.7. The highest BCUT2D eigenvalue weighted by atomic mass is 35.5. The lowest BCUT2D eigenvalue weighted by Crippen LogP contribution is -2.42. The number of aryl methyl sites for hydroxylation is 1. The van der Waals surface area contributed by atoms with Gasteiger partial charge in [-0.25, -0.2) is 4.98 Å². The number of hydrogen-bond donors (Lipinski definition) is 2. The summed E-state index contributed by atoms with van der Waals surface area (Å²) < 4.78 is 5.72. The van der Waals surface area contributed by atoms with Crippen LogP contribution in [0.1, 0.15) is 29.1 Å². The Morgan fingerprint density at radius 1 is 1.35 bits per heavy atom. The molecule has 1 atom stereocenters. The maximum Gasteiger partial charge on any atom is 0.226 e. The number of hydrogen-bond acceptors (Lipinski definition) is 5. The Morgan fingerprint density at radius 3 is 2.65 bits per heavy atom. The topological polar surface area (TPSA) is 77.2 Å². The van der Waals surface area contributed by atoms with E-state index in [4.69, 9.17) is 10.5 Å². The summed E-state index contributed by atoms with van der Waals surface area (Å²) in [5, 5.41) is 5.81. The minimum Gasteiger partial charge on any atom is -0.486 e. The first-order chi connectivity index (χ1) is 11.6. The fraction of sp³-hybridized carbons (Fsp3) is 0.444. The highest BCUT2D eigenvalue weighted by Crippen LogP contribution is 2.32. The number of carbonyl (C=O) groups is 1. The molecule has 5 nitrogen and oxygen atoms in total. The van der Waals surface area contributed by atoms with Gasteiger partial charge in [-0.15, -0.1) is 36.2 Å². The summed E-state index contributed by atoms with van der Waals surface area (Å²) in [5.41, 5.74) is 7.70. The van der Waals surface area contributed by atoms with Crippen LogP contribution in [0.15, 0.2) is 29.6 Å². The first-order valence-corrected chi connectivity index (χ1v) is 9.14. The molecule has 0 spiro atoms. The van der Waals surface area contributed by atoms with Gasteiger partial charge in [-0.05, 0) is 37.8 Å². The molecule has 1 saturated carbocycles. The smallest absolute Gasteiger partial charge is 0.226 e. The Hall–Kier alpha value is -1.34. The molecule has 1 aliphatic rings. The van der Waals surface area contributed by atoms with Gasteiger partial charge in [0.25, 0.3) is 0 Å². The minimum absolute atomic E-state index is 0. The summed E-state index contributed by atoms with van der Waals surface area (Å²) in [5.74, 6) is 1.38. The summed E-state index contributed by atoms with van der Waals surface area (Å²) in [4.78, 5) is 16.6. The van der Waals surface area contributed by atoms with Crippen LogP contribution in [-0.2, 0) is 17.8 Å². The van der Waals surface area contributed by atoms with Crippen molar-refractivity contribution in [3.05, 3.63) is 45.9 Å². The molecule has 0 bridgehead atoms. The largest absolute Gasteiger partial charge is 0.486 e. The maximum atomic E-state index is 12.1. The predicted octanol–water partition coefficient (Wildman–Crippen LogP) is 3.27. The van der Waals surface area contributed by atoms with Gasteiger partial charge in [-0.2, -0.15) is 0 Å². The van der Waals surface area contributed by atoms with Gasteiger partial charge < -0.3 is 15.8 Å². The van der Waals surface area contributed by atoms with Crippen LogP contribution >= 0.6 is 36.2 Å². The number of carbonyl (C=O) groups excluding carboxylic acids is 1. The zero-order valence-corrected chi connectivity index (χ0v) is 17.1. The van der Waals surface area contributed by atoms with E-state index >= 15 is 0 Å².